The van der Waals surface area contributed by atoms with Gasteiger partial charge in [-0.1, -0.05) is 40.6 Å². The molecule has 0 bridgehead atoms. The third kappa shape index (κ3) is 3.30. The van der Waals surface area contributed by atoms with E-state index in [1.165, 1.54) is 5.56 Å². The Kier molecular flexibility index (Phi) is 4.62. The van der Waals surface area contributed by atoms with Crippen molar-refractivity contribution < 1.29 is 4.63 Å². The first-order valence-corrected chi connectivity index (χ1v) is 8.87. The van der Waals surface area contributed by atoms with Crippen molar-refractivity contribution in [3.05, 3.63) is 53.0 Å². The summed E-state index contributed by atoms with van der Waals surface area (Å²) in [5.41, 5.74) is 5.00. The molecule has 134 valence electrons. The Labute approximate surface area is 152 Å². The Morgan fingerprint density at radius 2 is 1.88 bits per heavy atom. The van der Waals surface area contributed by atoms with Crippen LogP contribution in [0.15, 0.2) is 35.0 Å². The van der Waals surface area contributed by atoms with Crippen molar-refractivity contribution >= 4 is 5.82 Å². The van der Waals surface area contributed by atoms with Crippen LogP contribution in [-0.4, -0.2) is 40.4 Å². The molecule has 1 aliphatic rings. The van der Waals surface area contributed by atoms with Crippen LogP contribution in [0, 0.1) is 6.92 Å². The number of hydrogen-bond donors (Lipinski definition) is 1. The quantitative estimate of drug-likeness (QED) is 0.772. The molecule has 0 aliphatic carbocycles. The lowest BCUT2D eigenvalue weighted by atomic mass is 10.1. The molecule has 1 N–H and O–H groups in total. The van der Waals surface area contributed by atoms with Gasteiger partial charge in [-0.15, -0.1) is 0 Å². The minimum absolute atomic E-state index is 0.598. The van der Waals surface area contributed by atoms with Gasteiger partial charge in [0.2, 0.25) is 0 Å². The summed E-state index contributed by atoms with van der Waals surface area (Å²) in [5.74, 6) is 1.73. The number of nitrogens with zero attached hydrogens (tertiary/aromatic N) is 5. The smallest absolute Gasteiger partial charge is 0.161 e. The molecular formula is C19H22N6O. The van der Waals surface area contributed by atoms with Crippen molar-refractivity contribution in [3.63, 3.8) is 0 Å². The van der Waals surface area contributed by atoms with Gasteiger partial charge in [-0.05, 0) is 19.9 Å². The number of fused-ring (bicyclic) bond motifs is 1. The van der Waals surface area contributed by atoms with Crippen molar-refractivity contribution in [2.24, 2.45) is 0 Å². The van der Waals surface area contributed by atoms with Crippen LogP contribution in [-0.2, 0) is 19.4 Å². The van der Waals surface area contributed by atoms with E-state index in [4.69, 9.17) is 14.6 Å². The molecule has 1 aromatic carbocycles. The largest absolute Gasteiger partial charge is 0.353 e. The highest BCUT2D eigenvalue weighted by atomic mass is 16.6. The monoisotopic (exact) mass is 350 g/mol. The number of aromatic nitrogens is 4. The average Bonchev–Trinajstić information content (AvgIpc) is 2.93. The van der Waals surface area contributed by atoms with Crippen molar-refractivity contribution in [1.82, 2.24) is 25.6 Å². The molecule has 2 aromatic heterocycles. The summed E-state index contributed by atoms with van der Waals surface area (Å²) in [6.07, 6.45) is 1.82. The van der Waals surface area contributed by atoms with Gasteiger partial charge in [-0.2, -0.15) is 0 Å². The second-order valence-corrected chi connectivity index (χ2v) is 6.56. The summed E-state index contributed by atoms with van der Waals surface area (Å²) in [4.78, 5) is 11.9. The number of nitrogens with one attached hydrogen (secondary N) is 1. The fourth-order valence-corrected chi connectivity index (χ4v) is 3.25. The van der Waals surface area contributed by atoms with Gasteiger partial charge < -0.3 is 10.2 Å². The molecule has 0 saturated heterocycles. The normalized spacial score (nSPS) is 13.9. The molecule has 0 fully saturated rings. The highest BCUT2D eigenvalue weighted by Crippen LogP contribution is 2.27. The van der Waals surface area contributed by atoms with Gasteiger partial charge in [0.05, 0.1) is 12.2 Å². The summed E-state index contributed by atoms with van der Waals surface area (Å²) in [6.45, 7) is 4.38. The summed E-state index contributed by atoms with van der Waals surface area (Å²) in [7, 11) is 2.03. The number of hydrogen-bond acceptors (Lipinski definition) is 7. The van der Waals surface area contributed by atoms with Gasteiger partial charge in [0.1, 0.15) is 17.2 Å². The summed E-state index contributed by atoms with van der Waals surface area (Å²) < 4.78 is 4.84. The van der Waals surface area contributed by atoms with Crippen molar-refractivity contribution in [2.45, 2.75) is 26.3 Å². The van der Waals surface area contributed by atoms with Gasteiger partial charge >= 0.3 is 0 Å². The zero-order valence-electron chi connectivity index (χ0n) is 15.1. The molecule has 0 spiro atoms. The fourth-order valence-electron chi connectivity index (χ4n) is 3.25. The molecule has 7 nitrogen and oxygen atoms in total. The van der Waals surface area contributed by atoms with Crippen molar-refractivity contribution in [2.75, 3.05) is 25.0 Å². The average molecular weight is 350 g/mol. The predicted octanol–water partition coefficient (Wildman–Crippen LogP) is 2.16. The van der Waals surface area contributed by atoms with Gasteiger partial charge in [-0.25, -0.2) is 14.6 Å². The van der Waals surface area contributed by atoms with E-state index in [2.05, 4.69) is 20.5 Å². The highest BCUT2D eigenvalue weighted by Gasteiger charge is 2.21. The first-order valence-electron chi connectivity index (χ1n) is 8.87. The zero-order chi connectivity index (χ0) is 17.9. The summed E-state index contributed by atoms with van der Waals surface area (Å²) >= 11 is 0. The maximum Gasteiger partial charge on any atom is 0.161 e. The Morgan fingerprint density at radius 1 is 1.08 bits per heavy atom. The van der Waals surface area contributed by atoms with Crippen molar-refractivity contribution in [3.8, 4) is 11.4 Å². The Balaban J connectivity index is 1.77. The van der Waals surface area contributed by atoms with E-state index in [1.54, 1.807) is 0 Å². The predicted molar refractivity (Wildman–Crippen MR) is 98.9 cm³/mol. The lowest BCUT2D eigenvalue weighted by Crippen LogP contribution is -2.22. The molecule has 1 aliphatic heterocycles. The lowest BCUT2D eigenvalue weighted by molar-refractivity contribution is 0.301. The van der Waals surface area contributed by atoms with Crippen LogP contribution >= 0.6 is 0 Å². The minimum Gasteiger partial charge on any atom is -0.353 e. The Bertz CT molecular complexity index is 892. The summed E-state index contributed by atoms with van der Waals surface area (Å²) in [5, 5.41) is 11.3. The topological polar surface area (TPSA) is 80.0 Å². The molecule has 0 amide bonds. The molecule has 7 heteroatoms. The van der Waals surface area contributed by atoms with E-state index >= 15 is 0 Å². The summed E-state index contributed by atoms with van der Waals surface area (Å²) in [6, 6.07) is 10.1. The molecule has 26 heavy (non-hydrogen) atoms. The van der Waals surface area contributed by atoms with E-state index in [0.29, 0.717) is 6.54 Å². The lowest BCUT2D eigenvalue weighted by Gasteiger charge is -2.22. The van der Waals surface area contributed by atoms with E-state index < -0.39 is 0 Å². The third-order valence-electron chi connectivity index (χ3n) is 4.69. The van der Waals surface area contributed by atoms with Crippen LogP contribution in [0.2, 0.25) is 0 Å². The van der Waals surface area contributed by atoms with Crippen LogP contribution in [0.5, 0.6) is 0 Å². The molecule has 0 atom stereocenters. The first kappa shape index (κ1) is 16.7. The van der Waals surface area contributed by atoms with E-state index in [1.807, 2.05) is 44.3 Å². The molecule has 3 heterocycles. The minimum atomic E-state index is 0.598. The zero-order valence-corrected chi connectivity index (χ0v) is 15.1. The number of aryl methyl sites for hydroxylation is 1. The number of anilines is 1. The van der Waals surface area contributed by atoms with Gasteiger partial charge in [0.15, 0.2) is 5.82 Å². The van der Waals surface area contributed by atoms with Crippen LogP contribution in [0.3, 0.4) is 0 Å². The first-order chi connectivity index (χ1) is 12.7. The Hall–Kier alpha value is -2.80. The van der Waals surface area contributed by atoms with Gasteiger partial charge in [0.25, 0.3) is 0 Å². The van der Waals surface area contributed by atoms with Gasteiger partial charge in [-0.3, -0.25) is 0 Å². The van der Waals surface area contributed by atoms with E-state index in [-0.39, 0.29) is 0 Å². The molecule has 0 radical (unpaired) electrons. The molecule has 0 saturated carbocycles. The second kappa shape index (κ2) is 7.21. The standard InChI is InChI=1S/C19H22N6O/c1-13-17(24-26-23-13)12-25(2)19-15-8-10-20-11-9-16(15)21-18(22-19)14-6-4-3-5-7-14/h3-7,20H,8-12H2,1-2H3. The van der Waals surface area contributed by atoms with Crippen LogP contribution in [0.4, 0.5) is 5.82 Å². The SMILES string of the molecule is Cc1nonc1CN(C)c1nc(-c2ccccc2)nc2c1CCNCC2. The molecule has 0 unspecified atom stereocenters. The maximum absolute atomic E-state index is 4.92. The van der Waals surface area contributed by atoms with Crippen LogP contribution in [0.25, 0.3) is 11.4 Å². The third-order valence-corrected chi connectivity index (χ3v) is 4.69. The van der Waals surface area contributed by atoms with Crippen LogP contribution < -0.4 is 10.2 Å². The number of rotatable bonds is 4. The highest BCUT2D eigenvalue weighted by molar-refractivity contribution is 5.60. The Morgan fingerprint density at radius 3 is 2.65 bits per heavy atom. The second-order valence-electron chi connectivity index (χ2n) is 6.56. The van der Waals surface area contributed by atoms with Crippen LogP contribution in [0.1, 0.15) is 22.6 Å². The van der Waals surface area contributed by atoms with Gasteiger partial charge in [0, 0.05) is 31.1 Å². The van der Waals surface area contributed by atoms with E-state index in [0.717, 1.165) is 60.2 Å². The number of benzene rings is 1. The molecular weight excluding hydrogens is 328 g/mol. The maximum atomic E-state index is 4.92. The van der Waals surface area contributed by atoms with Crippen molar-refractivity contribution in [1.29, 1.82) is 0 Å². The molecule has 4 rings (SSSR count). The van der Waals surface area contributed by atoms with E-state index in [9.17, 15) is 0 Å². The molecule has 3 aromatic rings. The fraction of sp³-hybridized carbons (Fsp3) is 0.368.